The standard InChI is InChI=1S/C33H39F4N3O4/c1-20-27(29(30(41)42)44-31(2,3)4)28(40-14-12-32(5,6)13-15-40)23(18-38-20)25-17-24(33(35,36)37)26(19-39-25)43-16-11-21-7-9-22(34)10-8-21/h7-10,17-19,29H,11-16H2,1-6H3,(H,41,42)/t29-/m0/s1. The van der Waals surface area contributed by atoms with Crippen LogP contribution in [-0.2, 0) is 22.1 Å². The summed E-state index contributed by atoms with van der Waals surface area (Å²) in [5.74, 6) is -2.08. The van der Waals surface area contributed by atoms with Gasteiger partial charge in [-0.15, -0.1) is 0 Å². The van der Waals surface area contributed by atoms with Gasteiger partial charge in [0.2, 0.25) is 0 Å². The molecule has 44 heavy (non-hydrogen) atoms. The lowest BCUT2D eigenvalue weighted by atomic mass is 9.82. The van der Waals surface area contributed by atoms with E-state index in [2.05, 4.69) is 23.8 Å². The molecular formula is C33H39F4N3O4. The number of hydrogen-bond acceptors (Lipinski definition) is 6. The summed E-state index contributed by atoms with van der Waals surface area (Å²) in [6.45, 7) is 12.2. The van der Waals surface area contributed by atoms with Crippen molar-refractivity contribution in [2.24, 2.45) is 5.41 Å². The number of ether oxygens (including phenoxy) is 2. The summed E-state index contributed by atoms with van der Waals surface area (Å²) >= 11 is 0. The van der Waals surface area contributed by atoms with E-state index in [1.807, 2.05) is 4.90 Å². The Morgan fingerprint density at radius 2 is 1.70 bits per heavy atom. The molecule has 1 aliphatic heterocycles. The first-order valence-corrected chi connectivity index (χ1v) is 14.6. The van der Waals surface area contributed by atoms with Gasteiger partial charge in [-0.05, 0) is 69.7 Å². The number of rotatable bonds is 9. The van der Waals surface area contributed by atoms with Gasteiger partial charge in [0.15, 0.2) is 6.10 Å². The fourth-order valence-electron chi connectivity index (χ4n) is 5.23. The second kappa shape index (κ2) is 12.7. The molecule has 1 fully saturated rings. The molecule has 238 valence electrons. The van der Waals surface area contributed by atoms with Crippen molar-refractivity contribution >= 4 is 11.7 Å². The summed E-state index contributed by atoms with van der Waals surface area (Å²) < 4.78 is 67.9. The maximum Gasteiger partial charge on any atom is 0.420 e. The van der Waals surface area contributed by atoms with Crippen LogP contribution in [0.2, 0.25) is 0 Å². The first-order valence-electron chi connectivity index (χ1n) is 14.6. The number of aryl methyl sites for hydroxylation is 1. The van der Waals surface area contributed by atoms with Crippen LogP contribution >= 0.6 is 0 Å². The third-order valence-electron chi connectivity index (χ3n) is 7.69. The molecule has 1 aliphatic rings. The smallest absolute Gasteiger partial charge is 0.420 e. The molecule has 0 unspecified atom stereocenters. The van der Waals surface area contributed by atoms with Gasteiger partial charge in [0.25, 0.3) is 0 Å². The molecule has 1 N–H and O–H groups in total. The van der Waals surface area contributed by atoms with Crippen LogP contribution < -0.4 is 9.64 Å². The second-order valence-electron chi connectivity index (χ2n) is 12.9. The molecule has 4 rings (SSSR count). The molecule has 0 bridgehead atoms. The second-order valence-corrected chi connectivity index (χ2v) is 12.9. The molecule has 11 heteroatoms. The first kappa shape index (κ1) is 33.2. The Bertz CT molecular complexity index is 1470. The molecular weight excluding hydrogens is 578 g/mol. The number of halogens is 4. The highest BCUT2D eigenvalue weighted by Crippen LogP contribution is 2.45. The van der Waals surface area contributed by atoms with Crippen LogP contribution in [0.15, 0.2) is 42.7 Å². The van der Waals surface area contributed by atoms with Crippen molar-refractivity contribution in [1.29, 1.82) is 0 Å². The number of alkyl halides is 3. The normalized spacial score (nSPS) is 16.1. The molecule has 0 spiro atoms. The number of hydrogen-bond donors (Lipinski definition) is 1. The Balaban J connectivity index is 1.81. The average molecular weight is 618 g/mol. The Morgan fingerprint density at radius 1 is 1.07 bits per heavy atom. The van der Waals surface area contributed by atoms with Gasteiger partial charge in [0.05, 0.1) is 29.8 Å². The number of aromatic nitrogens is 2. The molecule has 3 heterocycles. The van der Waals surface area contributed by atoms with E-state index in [4.69, 9.17) is 9.47 Å². The average Bonchev–Trinajstić information content (AvgIpc) is 2.92. The van der Waals surface area contributed by atoms with Crippen LogP contribution in [0, 0.1) is 18.2 Å². The number of anilines is 1. The lowest BCUT2D eigenvalue weighted by Crippen LogP contribution is -2.39. The van der Waals surface area contributed by atoms with Gasteiger partial charge < -0.3 is 19.5 Å². The Labute approximate surface area is 255 Å². The van der Waals surface area contributed by atoms with Crippen LogP contribution in [0.25, 0.3) is 11.3 Å². The predicted octanol–water partition coefficient (Wildman–Crippen LogP) is 7.80. The van der Waals surface area contributed by atoms with E-state index in [0.29, 0.717) is 35.6 Å². The summed E-state index contributed by atoms with van der Waals surface area (Å²) in [6.07, 6.45) is -1.83. The van der Waals surface area contributed by atoms with Crippen molar-refractivity contribution in [3.63, 3.8) is 0 Å². The van der Waals surface area contributed by atoms with Gasteiger partial charge in [-0.2, -0.15) is 13.2 Å². The van der Waals surface area contributed by atoms with Gasteiger partial charge >= 0.3 is 12.1 Å². The van der Waals surface area contributed by atoms with Gasteiger partial charge in [0, 0.05) is 42.5 Å². The quantitative estimate of drug-likeness (QED) is 0.245. The monoisotopic (exact) mass is 617 g/mol. The minimum Gasteiger partial charge on any atom is -0.491 e. The number of carbonyl (C=O) groups is 1. The Kier molecular flexibility index (Phi) is 9.58. The molecule has 7 nitrogen and oxygen atoms in total. The van der Waals surface area contributed by atoms with Crippen LogP contribution in [0.1, 0.15) is 75.9 Å². The number of nitrogens with zero attached hydrogens (tertiary/aromatic N) is 3. The van der Waals surface area contributed by atoms with Crippen molar-refractivity contribution in [3.05, 3.63) is 70.9 Å². The minimum atomic E-state index is -4.77. The van der Waals surface area contributed by atoms with Crippen molar-refractivity contribution in [1.82, 2.24) is 9.97 Å². The fourth-order valence-corrected chi connectivity index (χ4v) is 5.23. The SMILES string of the molecule is Cc1ncc(-c2cc(C(F)(F)F)c(OCCc3ccc(F)cc3)cn2)c(N2CCC(C)(C)CC2)c1[C@H](OC(C)(C)C)C(=O)O. The molecule has 3 aromatic rings. The van der Waals surface area contributed by atoms with E-state index in [1.54, 1.807) is 39.8 Å². The number of carboxylic acid groups (broad SMARTS) is 1. The zero-order chi connectivity index (χ0) is 32.4. The highest BCUT2D eigenvalue weighted by atomic mass is 19.4. The predicted molar refractivity (Wildman–Crippen MR) is 159 cm³/mol. The van der Waals surface area contributed by atoms with E-state index >= 15 is 0 Å². The molecule has 0 aliphatic carbocycles. The van der Waals surface area contributed by atoms with Crippen LogP contribution in [0.3, 0.4) is 0 Å². The van der Waals surface area contributed by atoms with E-state index in [0.717, 1.165) is 25.1 Å². The summed E-state index contributed by atoms with van der Waals surface area (Å²) in [4.78, 5) is 23.4. The summed E-state index contributed by atoms with van der Waals surface area (Å²) in [5, 5.41) is 10.3. The summed E-state index contributed by atoms with van der Waals surface area (Å²) in [6, 6.07) is 6.56. The molecule has 2 aromatic heterocycles. The molecule has 1 aromatic carbocycles. The third kappa shape index (κ3) is 8.05. The summed E-state index contributed by atoms with van der Waals surface area (Å²) in [7, 11) is 0. The van der Waals surface area contributed by atoms with Crippen molar-refractivity contribution in [2.45, 2.75) is 78.7 Å². The lowest BCUT2D eigenvalue weighted by molar-refractivity contribution is -0.160. The zero-order valence-corrected chi connectivity index (χ0v) is 25.9. The van der Waals surface area contributed by atoms with Crippen molar-refractivity contribution < 1.29 is 36.9 Å². The Hall–Kier alpha value is -3.73. The van der Waals surface area contributed by atoms with Crippen LogP contribution in [0.4, 0.5) is 23.2 Å². The van der Waals surface area contributed by atoms with Gasteiger partial charge in [-0.3, -0.25) is 9.97 Å². The Morgan fingerprint density at radius 3 is 2.27 bits per heavy atom. The number of aliphatic carboxylic acids is 1. The van der Waals surface area contributed by atoms with E-state index in [-0.39, 0.29) is 29.7 Å². The maximum absolute atomic E-state index is 14.4. The van der Waals surface area contributed by atoms with E-state index in [9.17, 15) is 27.5 Å². The van der Waals surface area contributed by atoms with Crippen molar-refractivity contribution in [2.75, 3.05) is 24.6 Å². The minimum absolute atomic E-state index is 0.0170. The van der Waals surface area contributed by atoms with Gasteiger partial charge in [-0.1, -0.05) is 26.0 Å². The fraction of sp³-hybridized carbons (Fsp3) is 0.485. The molecule has 0 radical (unpaired) electrons. The summed E-state index contributed by atoms with van der Waals surface area (Å²) in [5.41, 5.74) is 0.326. The molecule has 1 saturated heterocycles. The topological polar surface area (TPSA) is 84.8 Å². The van der Waals surface area contributed by atoms with Crippen LogP contribution in [0.5, 0.6) is 5.75 Å². The maximum atomic E-state index is 14.4. The number of carboxylic acids is 1. The van der Waals surface area contributed by atoms with Gasteiger partial charge in [0.1, 0.15) is 17.1 Å². The number of pyridine rings is 2. The van der Waals surface area contributed by atoms with Crippen LogP contribution in [-0.4, -0.2) is 46.3 Å². The molecule has 1 atom stereocenters. The third-order valence-corrected chi connectivity index (χ3v) is 7.69. The van der Waals surface area contributed by atoms with Crippen molar-refractivity contribution in [3.8, 4) is 17.0 Å². The zero-order valence-electron chi connectivity index (χ0n) is 25.9. The highest BCUT2D eigenvalue weighted by molar-refractivity contribution is 5.85. The first-order chi connectivity index (χ1) is 20.4. The van der Waals surface area contributed by atoms with Gasteiger partial charge in [-0.25, -0.2) is 9.18 Å². The molecule has 0 amide bonds. The largest absolute Gasteiger partial charge is 0.491 e. The molecule has 0 saturated carbocycles. The number of piperidine rings is 1. The van der Waals surface area contributed by atoms with E-state index in [1.165, 1.54) is 18.3 Å². The van der Waals surface area contributed by atoms with E-state index < -0.39 is 41.0 Å². The highest BCUT2D eigenvalue weighted by Gasteiger charge is 2.38. The lowest BCUT2D eigenvalue weighted by Gasteiger charge is -2.40. The number of benzene rings is 1.